The van der Waals surface area contributed by atoms with Gasteiger partial charge in [0.2, 0.25) is 0 Å². The molecule has 17 heteroatoms. The van der Waals surface area contributed by atoms with Crippen LogP contribution in [-0.4, -0.2) is 149 Å². The van der Waals surface area contributed by atoms with Gasteiger partial charge in [-0.2, -0.15) is 0 Å². The molecule has 2 aromatic rings. The zero-order chi connectivity index (χ0) is 45.4. The van der Waals surface area contributed by atoms with Crippen LogP contribution in [-0.2, 0) is 44.7 Å². The molecular weight excluding hydrogens is 811 g/mol. The molecule has 5 aliphatic rings. The normalized spacial score (nSPS) is 38.4. The van der Waals surface area contributed by atoms with Crippen LogP contribution in [0, 0.1) is 23.7 Å². The van der Waals surface area contributed by atoms with Crippen molar-refractivity contribution in [1.82, 2.24) is 19.8 Å². The lowest BCUT2D eigenvalue weighted by molar-refractivity contribution is -0.302. The Balaban J connectivity index is 1.28. The number of carbonyl (C=O) groups excluding carboxylic acids is 2. The van der Waals surface area contributed by atoms with Gasteiger partial charge in [0.05, 0.1) is 67.0 Å². The van der Waals surface area contributed by atoms with Gasteiger partial charge in [0.1, 0.15) is 23.7 Å². The Kier molecular flexibility index (Phi) is 14.1. The Morgan fingerprint density at radius 1 is 1.06 bits per heavy atom. The second-order valence-corrected chi connectivity index (χ2v) is 18.8. The van der Waals surface area contributed by atoms with Crippen molar-refractivity contribution in [3.63, 3.8) is 0 Å². The Morgan fingerprint density at radius 2 is 1.84 bits per heavy atom. The van der Waals surface area contributed by atoms with Crippen LogP contribution in [0.1, 0.15) is 80.3 Å². The highest BCUT2D eigenvalue weighted by molar-refractivity contribution is 5.91. The first-order chi connectivity index (χ1) is 29.9. The standard InChI is InChI=1S/C46H67N7O10/c1-11-35-46(8)40-27(4)37(48-17-18-53(40)44(56)63-46)25(2)20-45(7)41(62-43-38(54)34(52(9)10)19-26(3)60-43)28(5)39(29(6)42(55)61-35)57-22-32(23-58-45)51-59-24-31-13-12-14-33(50-31)30-15-16-36(47)49-21-30/h12-16,21,25-29,34-35,38-41,43,54H,11,17-20,22-24H2,1-10H3,(H2,47,49)/b51-32+/t25-,26+,27+,28+,29-,34-,35-,38+,39+,40-,41-,43-,45-,46-/m1/s1. The number of esters is 1. The highest BCUT2D eigenvalue weighted by Gasteiger charge is 2.60. The van der Waals surface area contributed by atoms with Gasteiger partial charge in [0.15, 0.2) is 18.5 Å². The molecule has 5 aliphatic heterocycles. The van der Waals surface area contributed by atoms with Crippen molar-refractivity contribution < 1.29 is 48.0 Å². The minimum Gasteiger partial charge on any atom is -0.458 e. The quantitative estimate of drug-likeness (QED) is 0.268. The SMILES string of the molecule is CC[C@H]1OC(=O)[C@H](C)[C@H]2OC/C(=N\OCc3cccc(-c4ccc(N)nc4)n3)CO[C@](C)(C[C@@H](C)C3=NCCN4C(=O)O[C@@]1(C)[C@H]4[C@H]3C)[C@H](O[C@H]1O[C@@H](C)C[C@@H](N(C)C)[C@@H]1O)[C@H]2C. The number of likely N-dealkylation sites (N-methyl/N-ethyl adjacent to an activating group) is 1. The van der Waals surface area contributed by atoms with E-state index >= 15 is 0 Å². The number of aliphatic imine (C=N–C) groups is 1. The third-order valence-corrected chi connectivity index (χ3v) is 13.9. The molecule has 346 valence electrons. The summed E-state index contributed by atoms with van der Waals surface area (Å²) in [5.41, 5.74) is 7.04. The first-order valence-electron chi connectivity index (χ1n) is 22.4. The molecule has 4 saturated heterocycles. The zero-order valence-corrected chi connectivity index (χ0v) is 38.4. The maximum Gasteiger partial charge on any atom is 0.410 e. The number of amides is 1. The van der Waals surface area contributed by atoms with E-state index in [-0.39, 0.29) is 43.8 Å². The topological polar surface area (TPSA) is 202 Å². The number of pyridine rings is 2. The number of nitrogens with two attached hydrogens (primary N) is 1. The largest absolute Gasteiger partial charge is 0.458 e. The predicted molar refractivity (Wildman–Crippen MR) is 235 cm³/mol. The number of aliphatic hydroxyl groups excluding tert-OH is 1. The van der Waals surface area contributed by atoms with E-state index in [2.05, 4.69) is 24.0 Å². The number of aliphatic hydroxyl groups is 1. The van der Waals surface area contributed by atoms with Crippen molar-refractivity contribution in [2.75, 3.05) is 46.1 Å². The van der Waals surface area contributed by atoms with Crippen molar-refractivity contribution in [3.05, 3.63) is 42.2 Å². The lowest BCUT2D eigenvalue weighted by Crippen LogP contribution is -2.60. The second-order valence-electron chi connectivity index (χ2n) is 18.8. The molecule has 7 rings (SSSR count). The lowest BCUT2D eigenvalue weighted by atomic mass is 9.72. The van der Waals surface area contributed by atoms with Gasteiger partial charge in [-0.3, -0.25) is 14.7 Å². The summed E-state index contributed by atoms with van der Waals surface area (Å²) in [4.78, 5) is 52.0. The number of carbonyl (C=O) groups is 2. The van der Waals surface area contributed by atoms with Crippen LogP contribution in [0.25, 0.3) is 11.3 Å². The third kappa shape index (κ3) is 9.59. The number of ether oxygens (including phenoxy) is 6. The van der Waals surface area contributed by atoms with Crippen molar-refractivity contribution >= 4 is 29.3 Å². The first kappa shape index (κ1) is 46.7. The Labute approximate surface area is 371 Å². The Morgan fingerprint density at radius 3 is 2.56 bits per heavy atom. The molecule has 0 unspecified atom stereocenters. The average Bonchev–Trinajstić information content (AvgIpc) is 3.39. The molecule has 2 aromatic heterocycles. The third-order valence-electron chi connectivity index (χ3n) is 13.9. The minimum atomic E-state index is -1.15. The summed E-state index contributed by atoms with van der Waals surface area (Å²) in [5, 5.41) is 16.4. The molecule has 0 aromatic carbocycles. The van der Waals surface area contributed by atoms with Gasteiger partial charge in [-0.1, -0.05) is 38.9 Å². The van der Waals surface area contributed by atoms with Gasteiger partial charge in [-0.05, 0) is 91.2 Å². The molecule has 63 heavy (non-hydrogen) atoms. The van der Waals surface area contributed by atoms with E-state index in [4.69, 9.17) is 49.0 Å². The number of cyclic esters (lactones) is 1. The summed E-state index contributed by atoms with van der Waals surface area (Å²) < 4.78 is 39.9. The summed E-state index contributed by atoms with van der Waals surface area (Å²) in [7, 11) is 3.87. The monoisotopic (exact) mass is 877 g/mol. The molecule has 7 heterocycles. The molecule has 17 nitrogen and oxygen atoms in total. The van der Waals surface area contributed by atoms with Gasteiger partial charge >= 0.3 is 12.1 Å². The fraction of sp³-hybridized carbons (Fsp3) is 0.696. The van der Waals surface area contributed by atoms with E-state index in [1.54, 1.807) is 24.1 Å². The molecule has 0 spiro atoms. The molecule has 4 bridgehead atoms. The summed E-state index contributed by atoms with van der Waals surface area (Å²) in [6, 6.07) is 8.53. The van der Waals surface area contributed by atoms with Crippen LogP contribution in [0.5, 0.6) is 0 Å². The van der Waals surface area contributed by atoms with E-state index in [1.165, 1.54) is 0 Å². The van der Waals surface area contributed by atoms with E-state index in [1.807, 2.05) is 77.9 Å². The number of hydrogen-bond acceptors (Lipinski definition) is 16. The Bertz CT molecular complexity index is 2000. The number of oxime groups is 1. The lowest BCUT2D eigenvalue weighted by Gasteiger charge is -2.48. The van der Waals surface area contributed by atoms with E-state index in [9.17, 15) is 14.7 Å². The predicted octanol–water partition coefficient (Wildman–Crippen LogP) is 4.89. The second kappa shape index (κ2) is 19.1. The highest BCUT2D eigenvalue weighted by Crippen LogP contribution is 2.45. The van der Waals surface area contributed by atoms with Crippen LogP contribution < -0.4 is 5.73 Å². The van der Waals surface area contributed by atoms with Gasteiger partial charge in [-0.25, -0.2) is 14.8 Å². The summed E-state index contributed by atoms with van der Waals surface area (Å²) in [5.74, 6) is -1.93. The van der Waals surface area contributed by atoms with Crippen molar-refractivity contribution in [1.29, 1.82) is 0 Å². The molecule has 14 atom stereocenters. The van der Waals surface area contributed by atoms with Gasteiger partial charge in [0.25, 0.3) is 0 Å². The number of rotatable bonds is 8. The fourth-order valence-electron chi connectivity index (χ4n) is 10.7. The number of hydrogen-bond donors (Lipinski definition) is 2. The van der Waals surface area contributed by atoms with Gasteiger partial charge < -0.3 is 49.0 Å². The fourth-order valence-corrected chi connectivity index (χ4v) is 10.7. The van der Waals surface area contributed by atoms with Gasteiger partial charge in [-0.15, -0.1) is 0 Å². The van der Waals surface area contributed by atoms with Gasteiger partial charge in [0, 0.05) is 41.9 Å². The van der Waals surface area contributed by atoms with Crippen LogP contribution in [0.3, 0.4) is 0 Å². The summed E-state index contributed by atoms with van der Waals surface area (Å²) >= 11 is 0. The Hall–Kier alpha value is -4.26. The van der Waals surface area contributed by atoms with E-state index in [0.717, 1.165) is 11.3 Å². The van der Waals surface area contributed by atoms with E-state index in [0.29, 0.717) is 55.3 Å². The maximum absolute atomic E-state index is 14.6. The number of nitrogen functional groups attached to an aromatic ring is 1. The van der Waals surface area contributed by atoms with Crippen LogP contribution in [0.15, 0.2) is 46.7 Å². The number of nitrogens with zero attached hydrogens (tertiary/aromatic N) is 6. The van der Waals surface area contributed by atoms with Crippen molar-refractivity contribution in [2.45, 2.75) is 141 Å². The van der Waals surface area contributed by atoms with Crippen molar-refractivity contribution in [2.24, 2.45) is 33.8 Å². The van der Waals surface area contributed by atoms with Crippen LogP contribution in [0.2, 0.25) is 0 Å². The highest BCUT2D eigenvalue weighted by atomic mass is 16.7. The molecule has 3 N–H and O–H groups in total. The van der Waals surface area contributed by atoms with Crippen LogP contribution >= 0.6 is 0 Å². The number of aromatic nitrogens is 2. The summed E-state index contributed by atoms with van der Waals surface area (Å²) in [6.45, 7) is 16.5. The molecule has 0 radical (unpaired) electrons. The number of fused-ring (bicyclic) bond motifs is 4. The summed E-state index contributed by atoms with van der Waals surface area (Å²) in [6.07, 6.45) is -1.93. The maximum atomic E-state index is 14.6. The molecule has 1 amide bonds. The first-order valence-corrected chi connectivity index (χ1v) is 22.4. The molecule has 0 aliphatic carbocycles. The minimum absolute atomic E-state index is 0.00647. The van der Waals surface area contributed by atoms with Crippen molar-refractivity contribution in [3.8, 4) is 11.3 Å². The van der Waals surface area contributed by atoms with Crippen LogP contribution in [0.4, 0.5) is 10.6 Å². The average molecular weight is 878 g/mol. The smallest absolute Gasteiger partial charge is 0.410 e. The number of anilines is 1. The molecule has 4 fully saturated rings. The van der Waals surface area contributed by atoms with E-state index < -0.39 is 71.8 Å². The molecular formula is C46H67N7O10. The molecule has 0 saturated carbocycles. The zero-order valence-electron chi connectivity index (χ0n) is 38.4.